The lowest BCUT2D eigenvalue weighted by Gasteiger charge is -2.17. The molecule has 0 fully saturated rings. The lowest BCUT2D eigenvalue weighted by atomic mass is 10.2. The van der Waals surface area contributed by atoms with Crippen molar-refractivity contribution in [3.05, 3.63) is 69.5 Å². The van der Waals surface area contributed by atoms with Crippen molar-refractivity contribution in [3.8, 4) is 0 Å². The molecule has 140 valence electrons. The van der Waals surface area contributed by atoms with Crippen molar-refractivity contribution < 1.29 is 9.53 Å². The van der Waals surface area contributed by atoms with Gasteiger partial charge in [-0.3, -0.25) is 14.2 Å². The Kier molecular flexibility index (Phi) is 6.19. The highest BCUT2D eigenvalue weighted by Crippen LogP contribution is 2.37. The molecule has 0 amide bonds. The summed E-state index contributed by atoms with van der Waals surface area (Å²) >= 11 is 7.75. The summed E-state index contributed by atoms with van der Waals surface area (Å²) in [6.07, 6.45) is 0.102. The molecule has 0 spiro atoms. The highest BCUT2D eigenvalue weighted by Gasteiger charge is 2.17. The summed E-state index contributed by atoms with van der Waals surface area (Å²) in [7, 11) is 1.33. The number of fused-ring (bicyclic) bond motifs is 1. The summed E-state index contributed by atoms with van der Waals surface area (Å²) < 4.78 is 6.25. The van der Waals surface area contributed by atoms with Gasteiger partial charge in [0.2, 0.25) is 0 Å². The molecule has 1 atom stereocenters. The molecule has 7 heteroatoms. The molecule has 3 rings (SSSR count). The van der Waals surface area contributed by atoms with Crippen LogP contribution in [0, 0.1) is 0 Å². The van der Waals surface area contributed by atoms with Gasteiger partial charge >= 0.3 is 5.97 Å². The van der Waals surface area contributed by atoms with Crippen LogP contribution in [0.1, 0.15) is 24.2 Å². The molecule has 1 heterocycles. The molecule has 0 saturated carbocycles. The predicted molar refractivity (Wildman–Crippen MR) is 108 cm³/mol. The Bertz CT molecular complexity index is 1040. The number of carbonyl (C=O) groups excluding carboxylic acids is 1. The summed E-state index contributed by atoms with van der Waals surface area (Å²) in [6, 6.07) is 14.8. The van der Waals surface area contributed by atoms with Crippen LogP contribution in [0.25, 0.3) is 10.9 Å². The number of benzene rings is 2. The minimum atomic E-state index is -0.370. The molecule has 0 N–H and O–H groups in total. The van der Waals surface area contributed by atoms with E-state index in [1.165, 1.54) is 23.4 Å². The molecule has 27 heavy (non-hydrogen) atoms. The first-order valence-corrected chi connectivity index (χ1v) is 9.74. The minimum Gasteiger partial charge on any atom is -0.469 e. The van der Waals surface area contributed by atoms with E-state index in [2.05, 4.69) is 4.98 Å². The van der Waals surface area contributed by atoms with E-state index in [4.69, 9.17) is 16.3 Å². The van der Waals surface area contributed by atoms with E-state index in [1.807, 2.05) is 43.3 Å². The zero-order valence-corrected chi connectivity index (χ0v) is 16.6. The summed E-state index contributed by atoms with van der Waals surface area (Å²) in [6.45, 7) is 2.22. The predicted octanol–water partition coefficient (Wildman–Crippen LogP) is 4.47. The van der Waals surface area contributed by atoms with E-state index < -0.39 is 0 Å². The van der Waals surface area contributed by atoms with E-state index in [9.17, 15) is 9.59 Å². The number of esters is 1. The first kappa shape index (κ1) is 19.5. The molecule has 0 radical (unpaired) electrons. The van der Waals surface area contributed by atoms with Gasteiger partial charge in [0.1, 0.15) is 0 Å². The number of nitrogens with zero attached hydrogens (tertiary/aromatic N) is 2. The molecule has 0 unspecified atom stereocenters. The maximum absolute atomic E-state index is 13.0. The Balaban J connectivity index is 2.02. The number of halogens is 1. The first-order chi connectivity index (χ1) is 13.0. The van der Waals surface area contributed by atoms with Crippen molar-refractivity contribution in [1.29, 1.82) is 0 Å². The molecule has 0 aliphatic rings. The average molecular weight is 403 g/mol. The van der Waals surface area contributed by atoms with Gasteiger partial charge in [0.05, 0.1) is 24.4 Å². The Morgan fingerprint density at radius 3 is 2.67 bits per heavy atom. The van der Waals surface area contributed by atoms with Crippen LogP contribution in [-0.2, 0) is 16.1 Å². The molecule has 0 aliphatic heterocycles. The third-order valence-corrected chi connectivity index (χ3v) is 5.69. The van der Waals surface area contributed by atoms with Gasteiger partial charge in [-0.25, -0.2) is 4.98 Å². The number of ether oxygens (including phenoxy) is 1. The number of para-hydroxylation sites is 1. The lowest BCUT2D eigenvalue weighted by molar-refractivity contribution is -0.140. The van der Waals surface area contributed by atoms with Gasteiger partial charge in [0, 0.05) is 16.8 Å². The van der Waals surface area contributed by atoms with Crippen LogP contribution in [0.3, 0.4) is 0 Å². The molecule has 5 nitrogen and oxygen atoms in total. The lowest BCUT2D eigenvalue weighted by Crippen LogP contribution is -2.25. The van der Waals surface area contributed by atoms with E-state index in [0.717, 1.165) is 5.56 Å². The fourth-order valence-electron chi connectivity index (χ4n) is 2.77. The van der Waals surface area contributed by atoms with Gasteiger partial charge in [-0.05, 0) is 30.7 Å². The van der Waals surface area contributed by atoms with Gasteiger partial charge in [-0.1, -0.05) is 53.7 Å². The Hall–Kier alpha value is -2.31. The number of aromatic nitrogens is 2. The first-order valence-electron chi connectivity index (χ1n) is 8.48. The topological polar surface area (TPSA) is 61.2 Å². The van der Waals surface area contributed by atoms with E-state index in [0.29, 0.717) is 21.1 Å². The maximum Gasteiger partial charge on any atom is 0.307 e. The Morgan fingerprint density at radius 2 is 1.93 bits per heavy atom. The van der Waals surface area contributed by atoms with Crippen LogP contribution in [-0.4, -0.2) is 22.6 Å². The van der Waals surface area contributed by atoms with Crippen LogP contribution in [0.2, 0.25) is 5.02 Å². The van der Waals surface area contributed by atoms with Crippen molar-refractivity contribution >= 4 is 40.2 Å². The largest absolute Gasteiger partial charge is 0.469 e. The second-order valence-corrected chi connectivity index (χ2v) is 7.69. The summed E-state index contributed by atoms with van der Waals surface area (Å²) in [4.78, 5) is 29.2. The molecule has 0 aliphatic carbocycles. The number of carbonyl (C=O) groups is 1. The van der Waals surface area contributed by atoms with Crippen LogP contribution < -0.4 is 5.56 Å². The monoisotopic (exact) mass is 402 g/mol. The summed E-state index contributed by atoms with van der Waals surface area (Å²) in [5.41, 5.74) is 1.43. The second kappa shape index (κ2) is 8.59. The van der Waals surface area contributed by atoms with Gasteiger partial charge < -0.3 is 4.74 Å². The third kappa shape index (κ3) is 4.34. The molecule has 3 aromatic rings. The van der Waals surface area contributed by atoms with Gasteiger partial charge in [0.15, 0.2) is 5.16 Å². The van der Waals surface area contributed by atoms with Crippen molar-refractivity contribution in [2.75, 3.05) is 7.11 Å². The van der Waals surface area contributed by atoms with Crippen LogP contribution in [0.15, 0.2) is 58.5 Å². The van der Waals surface area contributed by atoms with Crippen molar-refractivity contribution in [1.82, 2.24) is 9.55 Å². The summed E-state index contributed by atoms with van der Waals surface area (Å²) in [5.74, 6) is -0.370. The van der Waals surface area contributed by atoms with E-state index in [-0.39, 0.29) is 29.7 Å². The van der Waals surface area contributed by atoms with Gasteiger partial charge in [0.25, 0.3) is 5.56 Å². The molecular weight excluding hydrogens is 384 g/mol. The number of hydrogen-bond donors (Lipinski definition) is 0. The number of rotatable bonds is 6. The van der Waals surface area contributed by atoms with Crippen molar-refractivity contribution in [2.24, 2.45) is 0 Å². The fraction of sp³-hybridized carbons (Fsp3) is 0.250. The zero-order chi connectivity index (χ0) is 19.4. The number of hydrogen-bond acceptors (Lipinski definition) is 5. The maximum atomic E-state index is 13.0. The van der Waals surface area contributed by atoms with Gasteiger partial charge in [-0.2, -0.15) is 0 Å². The van der Waals surface area contributed by atoms with E-state index >= 15 is 0 Å². The Labute approximate surface area is 166 Å². The quantitative estimate of drug-likeness (QED) is 0.346. The van der Waals surface area contributed by atoms with E-state index in [1.54, 1.807) is 12.1 Å². The normalized spacial score (nSPS) is 12.1. The van der Waals surface area contributed by atoms with Crippen molar-refractivity contribution in [3.63, 3.8) is 0 Å². The van der Waals surface area contributed by atoms with Crippen LogP contribution >= 0.6 is 23.4 Å². The SMILES string of the molecule is COC(=O)CCn1c(S[C@H](C)c2ccccc2Cl)nc2ccccc2c1=O. The highest BCUT2D eigenvalue weighted by molar-refractivity contribution is 7.99. The van der Waals surface area contributed by atoms with Gasteiger partial charge in [-0.15, -0.1) is 0 Å². The smallest absolute Gasteiger partial charge is 0.307 e. The molecule has 2 aromatic carbocycles. The van der Waals surface area contributed by atoms with Crippen molar-refractivity contribution in [2.45, 2.75) is 30.3 Å². The number of thioether (sulfide) groups is 1. The minimum absolute atomic E-state index is 0.0175. The van der Waals surface area contributed by atoms with Crippen LogP contribution in [0.4, 0.5) is 0 Å². The summed E-state index contributed by atoms with van der Waals surface area (Å²) in [5, 5.41) is 1.73. The third-order valence-electron chi connectivity index (χ3n) is 4.22. The molecular formula is C20H19ClN2O3S. The molecule has 0 saturated heterocycles. The average Bonchev–Trinajstić information content (AvgIpc) is 2.67. The molecule has 1 aromatic heterocycles. The highest BCUT2D eigenvalue weighted by atomic mass is 35.5. The number of methoxy groups -OCH3 is 1. The fourth-order valence-corrected chi connectivity index (χ4v) is 4.23. The van der Waals surface area contributed by atoms with Crippen LogP contribution in [0.5, 0.6) is 0 Å². The zero-order valence-electron chi connectivity index (χ0n) is 15.0. The molecule has 0 bridgehead atoms. The standard InChI is InChI=1S/C20H19ClN2O3S/c1-13(14-7-3-5-9-16(14)21)27-20-22-17-10-6-4-8-15(17)19(25)23(20)12-11-18(24)26-2/h3-10,13H,11-12H2,1-2H3/t13-/m1/s1. The second-order valence-electron chi connectivity index (χ2n) is 5.98. The Morgan fingerprint density at radius 1 is 1.22 bits per heavy atom.